The second kappa shape index (κ2) is 9.80. The Balaban J connectivity index is 1.87. The van der Waals surface area contributed by atoms with Crippen molar-refractivity contribution >= 4 is 28.6 Å². The van der Waals surface area contributed by atoms with E-state index in [1.807, 2.05) is 60.7 Å². The number of carbonyl (C=O) groups excluding carboxylic acids is 1. The maximum absolute atomic E-state index is 13.7. The number of nitrogens with one attached hydrogen (secondary N) is 1. The molecule has 0 aliphatic carbocycles. The lowest BCUT2D eigenvalue weighted by Gasteiger charge is -2.21. The third-order valence-electron chi connectivity index (χ3n) is 5.33. The summed E-state index contributed by atoms with van der Waals surface area (Å²) < 4.78 is 0. The van der Waals surface area contributed by atoms with Crippen molar-refractivity contribution in [2.45, 2.75) is 31.2 Å². The Morgan fingerprint density at radius 1 is 0.903 bits per heavy atom. The zero-order valence-corrected chi connectivity index (χ0v) is 18.7. The minimum absolute atomic E-state index is 0.0414. The Morgan fingerprint density at radius 3 is 2.23 bits per heavy atom. The van der Waals surface area contributed by atoms with Gasteiger partial charge in [0, 0.05) is 15.8 Å². The average Bonchev–Trinajstić information content (AvgIpc) is 2.83. The summed E-state index contributed by atoms with van der Waals surface area (Å²) in [6.07, 6.45) is 0.820. The number of pyridine rings is 1. The number of aromatic nitrogens is 1. The molecule has 0 aliphatic rings. The second-order valence-corrected chi connectivity index (χ2v) is 8.60. The van der Waals surface area contributed by atoms with Gasteiger partial charge in [0.05, 0.1) is 22.8 Å². The minimum atomic E-state index is -0.0533. The van der Waals surface area contributed by atoms with E-state index >= 15 is 0 Å². The highest BCUT2D eigenvalue weighted by Crippen LogP contribution is 2.37. The Kier molecular flexibility index (Phi) is 6.68. The van der Waals surface area contributed by atoms with Crippen LogP contribution in [0.5, 0.6) is 0 Å². The third-order valence-corrected chi connectivity index (χ3v) is 6.30. The van der Waals surface area contributed by atoms with Crippen molar-refractivity contribution in [1.82, 2.24) is 10.3 Å². The highest BCUT2D eigenvalue weighted by atomic mass is 32.2. The van der Waals surface area contributed by atoms with E-state index in [2.05, 4.69) is 43.4 Å². The Labute approximate surface area is 187 Å². The number of thioether (sulfide) groups is 1. The van der Waals surface area contributed by atoms with Crippen molar-refractivity contribution in [3.05, 3.63) is 96.1 Å². The summed E-state index contributed by atoms with van der Waals surface area (Å²) in [5.74, 6) is 0.804. The smallest absolute Gasteiger partial charge is 0.253 e. The number of fused-ring (bicyclic) bond motifs is 1. The monoisotopic (exact) mass is 426 g/mol. The molecule has 0 saturated heterocycles. The van der Waals surface area contributed by atoms with E-state index in [4.69, 9.17) is 4.98 Å². The number of hydrogen-bond donors (Lipinski definition) is 1. The normalized spacial score (nSPS) is 11.9. The summed E-state index contributed by atoms with van der Waals surface area (Å²) in [5, 5.41) is 4.18. The van der Waals surface area contributed by atoms with Crippen molar-refractivity contribution in [3.8, 4) is 11.3 Å². The maximum Gasteiger partial charge on any atom is 0.253 e. The van der Waals surface area contributed by atoms with Gasteiger partial charge in [0.1, 0.15) is 0 Å². The van der Waals surface area contributed by atoms with Crippen LogP contribution in [-0.4, -0.2) is 16.6 Å². The van der Waals surface area contributed by atoms with Gasteiger partial charge < -0.3 is 5.32 Å². The molecule has 0 bridgehead atoms. The van der Waals surface area contributed by atoms with Crippen molar-refractivity contribution in [2.24, 2.45) is 0 Å². The number of carbonyl (C=O) groups is 1. The van der Waals surface area contributed by atoms with Crippen LogP contribution in [0.15, 0.2) is 89.8 Å². The van der Waals surface area contributed by atoms with E-state index in [1.165, 1.54) is 0 Å². The van der Waals surface area contributed by atoms with Gasteiger partial charge in [-0.2, -0.15) is 0 Å². The van der Waals surface area contributed by atoms with Gasteiger partial charge in [-0.25, -0.2) is 4.98 Å². The van der Waals surface area contributed by atoms with Gasteiger partial charge >= 0.3 is 0 Å². The minimum Gasteiger partial charge on any atom is -0.345 e. The number of rotatable bonds is 7. The molecule has 156 valence electrons. The fourth-order valence-electron chi connectivity index (χ4n) is 3.83. The first-order chi connectivity index (χ1) is 15.2. The van der Waals surface area contributed by atoms with Crippen molar-refractivity contribution < 1.29 is 4.79 Å². The molecule has 4 aromatic rings. The summed E-state index contributed by atoms with van der Waals surface area (Å²) in [4.78, 5) is 19.6. The van der Waals surface area contributed by atoms with Crippen molar-refractivity contribution in [3.63, 3.8) is 0 Å². The first-order valence-corrected chi connectivity index (χ1v) is 11.7. The molecule has 0 fully saturated rings. The molecule has 4 heteroatoms. The van der Waals surface area contributed by atoms with Crippen LogP contribution < -0.4 is 5.32 Å². The van der Waals surface area contributed by atoms with Crippen LogP contribution in [0, 0.1) is 0 Å². The molecule has 1 N–H and O–H groups in total. The van der Waals surface area contributed by atoms with Crippen LogP contribution in [0.25, 0.3) is 22.2 Å². The SMILES string of the molecule is CCSc1c(-c2ccccc2)nc2ccccc2c1C(=O)NC(CC)c1ccccc1. The molecule has 1 unspecified atom stereocenters. The molecule has 1 heterocycles. The van der Waals surface area contributed by atoms with Crippen LogP contribution in [0.2, 0.25) is 0 Å². The maximum atomic E-state index is 13.7. The summed E-state index contributed by atoms with van der Waals surface area (Å²) in [5.41, 5.74) is 4.55. The largest absolute Gasteiger partial charge is 0.345 e. The molecule has 1 aromatic heterocycles. The van der Waals surface area contributed by atoms with E-state index in [9.17, 15) is 4.79 Å². The topological polar surface area (TPSA) is 42.0 Å². The van der Waals surface area contributed by atoms with Crippen molar-refractivity contribution in [1.29, 1.82) is 0 Å². The van der Waals surface area contributed by atoms with E-state index in [-0.39, 0.29) is 11.9 Å². The van der Waals surface area contributed by atoms with E-state index < -0.39 is 0 Å². The fraction of sp³-hybridized carbons (Fsp3) is 0.185. The molecular weight excluding hydrogens is 400 g/mol. The molecule has 0 aliphatic heterocycles. The van der Waals surface area contributed by atoms with Gasteiger partial charge in [0.2, 0.25) is 0 Å². The molecule has 3 aromatic carbocycles. The summed E-state index contributed by atoms with van der Waals surface area (Å²) in [7, 11) is 0. The highest BCUT2D eigenvalue weighted by molar-refractivity contribution is 7.99. The first-order valence-electron chi connectivity index (χ1n) is 10.7. The van der Waals surface area contributed by atoms with Gasteiger partial charge in [-0.05, 0) is 23.8 Å². The number of hydrogen-bond acceptors (Lipinski definition) is 3. The molecule has 31 heavy (non-hydrogen) atoms. The van der Waals surface area contributed by atoms with E-state index in [1.54, 1.807) is 11.8 Å². The Hall–Kier alpha value is -3.11. The molecule has 0 radical (unpaired) electrons. The summed E-state index contributed by atoms with van der Waals surface area (Å²) in [6.45, 7) is 4.20. The lowest BCUT2D eigenvalue weighted by molar-refractivity contribution is 0.0934. The highest BCUT2D eigenvalue weighted by Gasteiger charge is 2.23. The third kappa shape index (κ3) is 4.49. The van der Waals surface area contributed by atoms with Gasteiger partial charge in [0.25, 0.3) is 5.91 Å². The van der Waals surface area contributed by atoms with Gasteiger partial charge in [-0.15, -0.1) is 11.8 Å². The number of amides is 1. The van der Waals surface area contributed by atoms with Crippen molar-refractivity contribution in [2.75, 3.05) is 5.75 Å². The van der Waals surface area contributed by atoms with Crippen LogP contribution in [0.1, 0.15) is 42.2 Å². The van der Waals surface area contributed by atoms with E-state index in [0.717, 1.165) is 44.8 Å². The Morgan fingerprint density at radius 2 is 1.55 bits per heavy atom. The zero-order chi connectivity index (χ0) is 21.6. The number of nitrogens with zero attached hydrogens (tertiary/aromatic N) is 1. The quantitative estimate of drug-likeness (QED) is 0.327. The molecule has 0 spiro atoms. The van der Waals surface area contributed by atoms with Crippen LogP contribution in [0.4, 0.5) is 0 Å². The Bertz CT molecular complexity index is 1180. The zero-order valence-electron chi connectivity index (χ0n) is 17.8. The molecule has 1 amide bonds. The van der Waals surface area contributed by atoms with Crippen LogP contribution >= 0.6 is 11.8 Å². The standard InChI is InChI=1S/C27H26N2OS/c1-3-22(19-13-7-5-8-14-19)29-27(30)24-21-17-11-12-18-23(21)28-25(26(24)31-4-2)20-15-9-6-10-16-20/h5-18,22H,3-4H2,1-2H3,(H,29,30). The van der Waals surface area contributed by atoms with E-state index in [0.29, 0.717) is 5.56 Å². The lowest BCUT2D eigenvalue weighted by Crippen LogP contribution is -2.29. The van der Waals surface area contributed by atoms with Gasteiger partial charge in [-0.1, -0.05) is 92.7 Å². The fourth-order valence-corrected chi connectivity index (χ4v) is 4.77. The summed E-state index contributed by atoms with van der Waals surface area (Å²) in [6, 6.07) is 28.1. The average molecular weight is 427 g/mol. The van der Waals surface area contributed by atoms with Gasteiger partial charge in [0.15, 0.2) is 0 Å². The number of benzene rings is 3. The molecular formula is C27H26N2OS. The molecule has 0 saturated carbocycles. The second-order valence-electron chi connectivity index (χ2n) is 7.33. The predicted molar refractivity (Wildman–Crippen MR) is 131 cm³/mol. The predicted octanol–water partition coefficient (Wildman–Crippen LogP) is 6.89. The van der Waals surface area contributed by atoms with Gasteiger partial charge in [-0.3, -0.25) is 4.79 Å². The first kappa shape index (κ1) is 21.1. The molecule has 4 rings (SSSR count). The molecule has 1 atom stereocenters. The number of para-hydroxylation sites is 1. The van der Waals surface area contributed by atoms with Crippen LogP contribution in [-0.2, 0) is 0 Å². The van der Waals surface area contributed by atoms with Crippen LogP contribution in [0.3, 0.4) is 0 Å². The molecule has 3 nitrogen and oxygen atoms in total. The summed E-state index contributed by atoms with van der Waals surface area (Å²) >= 11 is 1.67. The lowest BCUT2D eigenvalue weighted by atomic mass is 10.0.